The summed E-state index contributed by atoms with van der Waals surface area (Å²) in [5.41, 5.74) is 16.3. The number of thiocarbonyl (C=S) groups is 1. The number of nitrogens with zero attached hydrogens (tertiary/aromatic N) is 2. The van der Waals surface area contributed by atoms with E-state index in [2.05, 4.69) is 78.9 Å². The van der Waals surface area contributed by atoms with Gasteiger partial charge in [0, 0.05) is 40.4 Å². The van der Waals surface area contributed by atoms with Crippen molar-refractivity contribution >= 4 is 81.4 Å². The van der Waals surface area contributed by atoms with Crippen LogP contribution in [0.4, 0.5) is 31.8 Å². The SMILES string of the molecule is CCOC(=O)N=S.CCOC(=O)NC(=S)Nc1ccc(-c2ccccc2)cc1.Nc1ccc(-c2ccccc2)cc1.O=C(O)c1cc(-c2csc(Nc3ccc(-c4ccccc4)cc3)n2)ccc1O. The van der Waals surface area contributed by atoms with Crippen molar-refractivity contribution in [3.8, 4) is 50.4 Å². The number of hydrogen-bond acceptors (Lipinski definition) is 12. The van der Waals surface area contributed by atoms with Crippen LogP contribution in [0.25, 0.3) is 44.6 Å². The molecular formula is C53H48N6O7S3. The third kappa shape index (κ3) is 17.1. The number of carboxylic acid groups (broad SMARTS) is 1. The Kier molecular flexibility index (Phi) is 20.5. The minimum absolute atomic E-state index is 0.142. The van der Waals surface area contributed by atoms with E-state index < -0.39 is 18.2 Å². The Labute approximate surface area is 414 Å². The maximum Gasteiger partial charge on any atom is 0.445 e. The van der Waals surface area contributed by atoms with Crippen molar-refractivity contribution in [2.24, 2.45) is 4.36 Å². The van der Waals surface area contributed by atoms with Gasteiger partial charge in [-0.05, 0) is 114 Å². The Morgan fingerprint density at radius 1 is 0.638 bits per heavy atom. The van der Waals surface area contributed by atoms with E-state index in [1.807, 2.05) is 133 Å². The van der Waals surface area contributed by atoms with Crippen LogP contribution >= 0.6 is 23.6 Å². The number of thiazole rings is 1. The van der Waals surface area contributed by atoms with Gasteiger partial charge < -0.3 is 36.1 Å². The molecule has 7 N–H and O–H groups in total. The van der Waals surface area contributed by atoms with Crippen molar-refractivity contribution < 1.29 is 34.1 Å². The van der Waals surface area contributed by atoms with Gasteiger partial charge in [-0.2, -0.15) is 0 Å². The van der Waals surface area contributed by atoms with Gasteiger partial charge in [-0.15, -0.1) is 15.7 Å². The number of rotatable bonds is 10. The smallest absolute Gasteiger partial charge is 0.445 e. The summed E-state index contributed by atoms with van der Waals surface area (Å²) < 4.78 is 11.8. The minimum Gasteiger partial charge on any atom is -0.507 e. The lowest BCUT2D eigenvalue weighted by Gasteiger charge is -2.10. The van der Waals surface area contributed by atoms with Crippen LogP contribution in [0, 0.1) is 0 Å². The van der Waals surface area contributed by atoms with Gasteiger partial charge in [0.15, 0.2) is 10.2 Å². The fraction of sp³-hybridized carbons (Fsp3) is 0.0755. The van der Waals surface area contributed by atoms with Gasteiger partial charge >= 0.3 is 18.2 Å². The molecule has 7 aromatic carbocycles. The van der Waals surface area contributed by atoms with Gasteiger partial charge in [-0.1, -0.05) is 127 Å². The lowest BCUT2D eigenvalue weighted by atomic mass is 10.1. The molecule has 0 spiro atoms. The zero-order valence-electron chi connectivity index (χ0n) is 37.4. The number of carboxylic acids is 1. The van der Waals surface area contributed by atoms with Crippen molar-refractivity contribution in [3.05, 3.63) is 193 Å². The number of carbonyl (C=O) groups excluding carboxylic acids is 2. The molecule has 8 rings (SSSR count). The maximum absolute atomic E-state index is 11.2. The van der Waals surface area contributed by atoms with Crippen molar-refractivity contribution in [2.75, 3.05) is 29.6 Å². The number of carbonyl (C=O) groups is 3. The molecule has 0 radical (unpaired) electrons. The molecule has 0 aliphatic carbocycles. The molecule has 0 aliphatic rings. The monoisotopic (exact) mass is 976 g/mol. The molecule has 1 aromatic heterocycles. The molecule has 1 heterocycles. The maximum atomic E-state index is 11.2. The van der Waals surface area contributed by atoms with Crippen molar-refractivity contribution in [1.29, 1.82) is 0 Å². The highest BCUT2D eigenvalue weighted by molar-refractivity contribution is 7.80. The van der Waals surface area contributed by atoms with E-state index in [0.29, 0.717) is 29.6 Å². The van der Waals surface area contributed by atoms with Crippen molar-refractivity contribution in [2.45, 2.75) is 13.8 Å². The Morgan fingerprint density at radius 3 is 1.54 bits per heavy atom. The fourth-order valence-electron chi connectivity index (χ4n) is 6.09. The highest BCUT2D eigenvalue weighted by Crippen LogP contribution is 2.31. The number of phenols is 1. The van der Waals surface area contributed by atoms with Crippen LogP contribution in [0.1, 0.15) is 24.2 Å². The Morgan fingerprint density at radius 2 is 1.09 bits per heavy atom. The van der Waals surface area contributed by atoms with Crippen molar-refractivity contribution in [3.63, 3.8) is 0 Å². The van der Waals surface area contributed by atoms with Gasteiger partial charge in [-0.3, -0.25) is 5.32 Å². The average molecular weight is 977 g/mol. The number of ether oxygens (including phenoxy) is 2. The first-order valence-corrected chi connectivity index (χ1v) is 22.9. The Bertz CT molecular complexity index is 2890. The molecule has 2 amide bonds. The number of aromatic hydroxyl groups is 1. The zero-order valence-corrected chi connectivity index (χ0v) is 39.9. The number of aromatic nitrogens is 1. The number of aromatic carboxylic acids is 1. The number of nitrogen functional groups attached to an aromatic ring is 1. The number of amides is 2. The van der Waals surface area contributed by atoms with Gasteiger partial charge in [0.1, 0.15) is 11.3 Å². The molecule has 350 valence electrons. The highest BCUT2D eigenvalue weighted by atomic mass is 32.1. The third-order valence-corrected chi connectivity index (χ3v) is 10.5. The summed E-state index contributed by atoms with van der Waals surface area (Å²) in [6.45, 7) is 4.07. The molecule has 0 fully saturated rings. The quantitative estimate of drug-likeness (QED) is 0.0560. The first kappa shape index (κ1) is 51.7. The topological polar surface area (TPSA) is 197 Å². The second-order valence-corrected chi connectivity index (χ2v) is 15.6. The normalized spacial score (nSPS) is 9.88. The average Bonchev–Trinajstić information content (AvgIpc) is 3.84. The molecule has 16 heteroatoms. The van der Waals surface area contributed by atoms with E-state index in [9.17, 15) is 19.5 Å². The first-order chi connectivity index (χ1) is 33.5. The molecule has 0 aliphatic heterocycles. The van der Waals surface area contributed by atoms with E-state index >= 15 is 0 Å². The largest absolute Gasteiger partial charge is 0.507 e. The second kappa shape index (κ2) is 27.4. The van der Waals surface area contributed by atoms with E-state index in [4.69, 9.17) is 27.8 Å². The predicted molar refractivity (Wildman–Crippen MR) is 283 cm³/mol. The van der Waals surface area contributed by atoms with Crippen LogP contribution in [0.5, 0.6) is 5.75 Å². The van der Waals surface area contributed by atoms with Gasteiger partial charge in [0.2, 0.25) is 0 Å². The molecule has 13 nitrogen and oxygen atoms in total. The second-order valence-electron chi connectivity index (χ2n) is 14.2. The number of alkyl carbamates (subject to hydrolysis) is 1. The fourth-order valence-corrected chi connectivity index (χ4v) is 7.08. The van der Waals surface area contributed by atoms with E-state index in [1.54, 1.807) is 19.9 Å². The van der Waals surface area contributed by atoms with Gasteiger partial charge in [0.05, 0.1) is 18.9 Å². The summed E-state index contributed by atoms with van der Waals surface area (Å²) in [5.74, 6) is -1.44. The van der Waals surface area contributed by atoms with Crippen molar-refractivity contribution in [1.82, 2.24) is 10.3 Å². The third-order valence-electron chi connectivity index (χ3n) is 9.37. The minimum atomic E-state index is -1.17. The van der Waals surface area contributed by atoms with Crippen LogP contribution in [0.3, 0.4) is 0 Å². The number of nitrogens with two attached hydrogens (primary N) is 1. The van der Waals surface area contributed by atoms with Gasteiger partial charge in [0.25, 0.3) is 0 Å². The Hall–Kier alpha value is -8.31. The molecular weight excluding hydrogens is 929 g/mol. The van der Waals surface area contributed by atoms with Crippen LogP contribution in [-0.2, 0) is 21.9 Å². The summed E-state index contributed by atoms with van der Waals surface area (Å²) >= 11 is 10.4. The number of anilines is 4. The highest BCUT2D eigenvalue weighted by Gasteiger charge is 2.13. The number of hydrogen-bond donors (Lipinski definition) is 6. The summed E-state index contributed by atoms with van der Waals surface area (Å²) in [6, 6.07) is 58.7. The summed E-state index contributed by atoms with van der Waals surface area (Å²) in [6.07, 6.45) is -1.24. The predicted octanol–water partition coefficient (Wildman–Crippen LogP) is 13.2. The number of nitrogens with one attached hydrogen (secondary N) is 3. The van der Waals surface area contributed by atoms with Gasteiger partial charge in [-0.25, -0.2) is 19.4 Å². The molecule has 0 atom stereocenters. The molecule has 0 bridgehead atoms. The molecule has 0 saturated heterocycles. The summed E-state index contributed by atoms with van der Waals surface area (Å²) in [5, 5.41) is 30.2. The molecule has 69 heavy (non-hydrogen) atoms. The lowest BCUT2D eigenvalue weighted by Crippen LogP contribution is -2.34. The Balaban J connectivity index is 0.000000190. The van der Waals surface area contributed by atoms with Crippen LogP contribution < -0.4 is 21.7 Å². The number of benzene rings is 7. The molecule has 8 aromatic rings. The summed E-state index contributed by atoms with van der Waals surface area (Å²) in [7, 11) is 0. The molecule has 0 unspecified atom stereocenters. The van der Waals surface area contributed by atoms with Crippen LogP contribution in [0.15, 0.2) is 192 Å². The molecule has 0 saturated carbocycles. The standard InChI is InChI=1S/C22H16N2O3S.C16H16N2O2S.C12H11N.C3H5NO2S/c25-20-11-8-16(12-18(20)21(26)27)19-13-28-22(24-19)23-17-9-6-15(7-10-17)14-4-2-1-3-5-14;1-2-20-16(19)18-15(21)17-14-10-8-13(9-11-14)12-6-4-3-5-7-12;13-12-8-6-11(7-9-12)10-4-2-1-3-5-10;1-2-6-3(5)4-7/h1-13,25H,(H,23,24)(H,26,27);3-11H,2H2,1H3,(H2,17,18,19,21);1-9H,13H2;2H2,1H3. The van der Waals surface area contributed by atoms with Crippen LogP contribution in [-0.4, -0.2) is 51.7 Å². The zero-order chi connectivity index (χ0) is 49.4. The lowest BCUT2D eigenvalue weighted by molar-refractivity contribution is 0.0693. The van der Waals surface area contributed by atoms with Crippen LogP contribution in [0.2, 0.25) is 0 Å². The van der Waals surface area contributed by atoms with E-state index in [-0.39, 0.29) is 16.4 Å². The summed E-state index contributed by atoms with van der Waals surface area (Å²) in [4.78, 5) is 36.9. The van der Waals surface area contributed by atoms with E-state index in [0.717, 1.165) is 39.3 Å². The van der Waals surface area contributed by atoms with E-state index in [1.165, 1.54) is 34.6 Å². The first-order valence-electron chi connectivity index (χ1n) is 21.2.